The number of halogens is 1. The summed E-state index contributed by atoms with van der Waals surface area (Å²) in [5, 5.41) is 0. The summed E-state index contributed by atoms with van der Waals surface area (Å²) in [7, 11) is 0. The molecule has 0 aromatic rings. The van der Waals surface area contributed by atoms with Gasteiger partial charge in [0.2, 0.25) is 0 Å². The summed E-state index contributed by atoms with van der Waals surface area (Å²) in [6.45, 7) is 7.77. The topological polar surface area (TPSA) is 29.5 Å². The van der Waals surface area contributed by atoms with E-state index in [1.807, 2.05) is 13.8 Å². The first kappa shape index (κ1) is 15.5. The molecule has 0 aliphatic carbocycles. The number of rotatable bonds is 7. The summed E-state index contributed by atoms with van der Waals surface area (Å²) in [5.41, 5.74) is -0.474. The molecule has 0 heterocycles. The number of hydrogen-bond acceptors (Lipinski definition) is 4. The third-order valence-corrected chi connectivity index (χ3v) is 3.58. The van der Waals surface area contributed by atoms with Crippen LogP contribution in [0.1, 0.15) is 33.6 Å². The van der Waals surface area contributed by atoms with Gasteiger partial charge in [0.05, 0.1) is 0 Å². The highest BCUT2D eigenvalue weighted by molar-refractivity contribution is 14.1. The van der Waals surface area contributed by atoms with Crippen molar-refractivity contribution in [2.45, 2.75) is 39.2 Å². The second kappa shape index (κ2) is 7.73. The van der Waals surface area contributed by atoms with Crippen LogP contribution in [0, 0.1) is 0 Å². The molecule has 0 fully saturated rings. The van der Waals surface area contributed by atoms with Gasteiger partial charge in [-0.05, 0) is 19.4 Å². The molecule has 0 aromatic carbocycles. The average molecular weight is 345 g/mol. The van der Waals surface area contributed by atoms with E-state index in [1.165, 1.54) is 0 Å². The molecule has 0 rings (SSSR count). The third kappa shape index (κ3) is 3.49. The fourth-order valence-corrected chi connectivity index (χ4v) is 2.63. The lowest BCUT2D eigenvalue weighted by Gasteiger charge is -2.39. The van der Waals surface area contributed by atoms with E-state index >= 15 is 0 Å². The second-order valence-electron chi connectivity index (χ2n) is 3.41. The van der Waals surface area contributed by atoms with E-state index in [2.05, 4.69) is 24.5 Å². The van der Waals surface area contributed by atoms with Crippen LogP contribution in [0.3, 0.4) is 0 Å². The van der Waals surface area contributed by atoms with E-state index in [0.29, 0.717) is 0 Å². The van der Waals surface area contributed by atoms with E-state index in [9.17, 15) is 4.79 Å². The highest BCUT2D eigenvalue weighted by Crippen LogP contribution is 2.26. The molecule has 15 heavy (non-hydrogen) atoms. The van der Waals surface area contributed by atoms with Crippen LogP contribution in [-0.2, 0) is 7.86 Å². The highest BCUT2D eigenvalue weighted by Gasteiger charge is 2.41. The Morgan fingerprint density at radius 3 is 2.20 bits per heavy atom. The standard InChI is InChI=1S/C10H20INO2S/c1-4-10(5-2,9(13)14-11)12(6-3)7-8-15/h15H,4-8H2,1-3H3. The maximum absolute atomic E-state index is 11.9. The molecule has 0 aliphatic heterocycles. The maximum atomic E-state index is 11.9. The summed E-state index contributed by atoms with van der Waals surface area (Å²) in [4.78, 5) is 14.0. The summed E-state index contributed by atoms with van der Waals surface area (Å²) in [6, 6.07) is 0. The molecule has 0 aliphatic rings. The summed E-state index contributed by atoms with van der Waals surface area (Å²) < 4.78 is 4.89. The zero-order valence-corrected chi connectivity index (χ0v) is 12.7. The number of carbonyl (C=O) groups is 1. The Bertz CT molecular complexity index is 198. The van der Waals surface area contributed by atoms with E-state index in [-0.39, 0.29) is 5.97 Å². The SMILES string of the molecule is CCN(CCS)C(CC)(CC)C(=O)OI. The summed E-state index contributed by atoms with van der Waals surface area (Å²) >= 11 is 5.89. The molecular formula is C10H20INO2S. The minimum Gasteiger partial charge on any atom is -0.393 e. The van der Waals surface area contributed by atoms with Gasteiger partial charge in [-0.3, -0.25) is 4.90 Å². The number of carbonyl (C=O) groups excluding carboxylic acids is 1. The van der Waals surface area contributed by atoms with Gasteiger partial charge in [-0.2, -0.15) is 12.6 Å². The van der Waals surface area contributed by atoms with Gasteiger partial charge < -0.3 is 3.07 Å². The molecule has 0 spiro atoms. The van der Waals surface area contributed by atoms with Gasteiger partial charge in [0, 0.05) is 12.3 Å². The van der Waals surface area contributed by atoms with Crippen LogP contribution < -0.4 is 0 Å². The van der Waals surface area contributed by atoms with Crippen LogP contribution >= 0.6 is 35.6 Å². The molecule has 0 aromatic heterocycles. The van der Waals surface area contributed by atoms with Crippen LogP contribution in [0.5, 0.6) is 0 Å². The van der Waals surface area contributed by atoms with Gasteiger partial charge in [-0.25, -0.2) is 4.79 Å². The molecular weight excluding hydrogens is 325 g/mol. The van der Waals surface area contributed by atoms with E-state index in [0.717, 1.165) is 31.7 Å². The number of likely N-dealkylation sites (N-methyl/N-ethyl adjacent to an activating group) is 1. The molecule has 0 saturated heterocycles. The quantitative estimate of drug-likeness (QED) is 0.568. The Kier molecular flexibility index (Phi) is 7.99. The smallest absolute Gasteiger partial charge is 0.335 e. The Morgan fingerprint density at radius 2 is 1.93 bits per heavy atom. The van der Waals surface area contributed by atoms with Crippen molar-refractivity contribution < 1.29 is 7.86 Å². The first-order chi connectivity index (χ1) is 7.12. The van der Waals surface area contributed by atoms with Crippen LogP contribution in [0.25, 0.3) is 0 Å². The number of nitrogens with zero attached hydrogens (tertiary/aromatic N) is 1. The van der Waals surface area contributed by atoms with Gasteiger partial charge in [-0.15, -0.1) is 0 Å². The summed E-state index contributed by atoms with van der Waals surface area (Å²) in [6.07, 6.45) is 1.54. The van der Waals surface area contributed by atoms with Gasteiger partial charge in [0.25, 0.3) is 0 Å². The van der Waals surface area contributed by atoms with Crippen LogP contribution in [0.15, 0.2) is 0 Å². The molecule has 0 saturated carbocycles. The number of hydrogen-bond donors (Lipinski definition) is 1. The molecule has 0 amide bonds. The van der Waals surface area contributed by atoms with Gasteiger partial charge in [-0.1, -0.05) is 20.8 Å². The molecule has 0 atom stereocenters. The molecule has 0 radical (unpaired) electrons. The van der Waals surface area contributed by atoms with Crippen molar-refractivity contribution in [1.29, 1.82) is 0 Å². The van der Waals surface area contributed by atoms with Crippen molar-refractivity contribution in [1.82, 2.24) is 4.90 Å². The molecule has 0 bridgehead atoms. The van der Waals surface area contributed by atoms with Crippen LogP contribution in [-0.4, -0.2) is 35.3 Å². The Balaban J connectivity index is 4.94. The Hall–Kier alpha value is 0.510. The van der Waals surface area contributed by atoms with E-state index in [4.69, 9.17) is 3.07 Å². The van der Waals surface area contributed by atoms with Crippen molar-refractivity contribution in [2.24, 2.45) is 0 Å². The fraction of sp³-hybridized carbons (Fsp3) is 0.900. The summed E-state index contributed by atoms with van der Waals surface area (Å²) in [5.74, 6) is 0.612. The normalized spacial score (nSPS) is 11.9. The van der Waals surface area contributed by atoms with E-state index in [1.54, 1.807) is 23.0 Å². The average Bonchev–Trinajstić information content (AvgIpc) is 2.29. The zero-order chi connectivity index (χ0) is 11.9. The van der Waals surface area contributed by atoms with Crippen LogP contribution in [0.2, 0.25) is 0 Å². The predicted molar refractivity (Wildman–Crippen MR) is 74.5 cm³/mol. The Morgan fingerprint density at radius 1 is 1.40 bits per heavy atom. The molecule has 0 N–H and O–H groups in total. The largest absolute Gasteiger partial charge is 0.393 e. The van der Waals surface area contributed by atoms with Gasteiger partial charge >= 0.3 is 5.97 Å². The van der Waals surface area contributed by atoms with E-state index < -0.39 is 5.54 Å². The van der Waals surface area contributed by atoms with Crippen molar-refractivity contribution in [2.75, 3.05) is 18.8 Å². The lowest BCUT2D eigenvalue weighted by Crippen LogP contribution is -2.54. The first-order valence-corrected chi connectivity index (χ1v) is 6.83. The van der Waals surface area contributed by atoms with Crippen LogP contribution in [0.4, 0.5) is 0 Å². The monoisotopic (exact) mass is 345 g/mol. The predicted octanol–water partition coefficient (Wildman–Crippen LogP) is 2.69. The molecule has 5 heteroatoms. The highest BCUT2D eigenvalue weighted by atomic mass is 127. The molecule has 0 unspecified atom stereocenters. The lowest BCUT2D eigenvalue weighted by molar-refractivity contribution is -0.145. The van der Waals surface area contributed by atoms with Crippen molar-refractivity contribution in [3.05, 3.63) is 0 Å². The zero-order valence-electron chi connectivity index (χ0n) is 9.62. The Labute approximate surface area is 112 Å². The minimum absolute atomic E-state index is 0.142. The molecule has 3 nitrogen and oxygen atoms in total. The maximum Gasteiger partial charge on any atom is 0.335 e. The van der Waals surface area contributed by atoms with Gasteiger partial charge in [0.1, 0.15) is 5.54 Å². The van der Waals surface area contributed by atoms with Crippen molar-refractivity contribution in [3.8, 4) is 0 Å². The van der Waals surface area contributed by atoms with Gasteiger partial charge in [0.15, 0.2) is 23.0 Å². The molecule has 90 valence electrons. The third-order valence-electron chi connectivity index (χ3n) is 2.98. The lowest BCUT2D eigenvalue weighted by atomic mass is 9.90. The minimum atomic E-state index is -0.474. The second-order valence-corrected chi connectivity index (χ2v) is 4.29. The first-order valence-electron chi connectivity index (χ1n) is 5.31. The van der Waals surface area contributed by atoms with Crippen molar-refractivity contribution in [3.63, 3.8) is 0 Å². The fourth-order valence-electron chi connectivity index (χ4n) is 1.98. The van der Waals surface area contributed by atoms with Crippen molar-refractivity contribution >= 4 is 41.6 Å². The number of thiol groups is 1.